The number of carbonyl (C=O) groups excluding carboxylic acids is 1. The van der Waals surface area contributed by atoms with E-state index in [4.69, 9.17) is 0 Å². The first-order chi connectivity index (χ1) is 11.9. The minimum absolute atomic E-state index is 0.0582. The molecule has 1 N–H and O–H groups in total. The summed E-state index contributed by atoms with van der Waals surface area (Å²) in [5.41, 5.74) is -0.833. The number of nitrogens with zero attached hydrogens (tertiary/aromatic N) is 1. The zero-order chi connectivity index (χ0) is 19.9. The number of pyridine rings is 1. The van der Waals surface area contributed by atoms with Crippen LogP contribution in [0.15, 0.2) is 35.1 Å². The Bertz CT molecular complexity index is 912. The summed E-state index contributed by atoms with van der Waals surface area (Å²) in [5, 5.41) is 2.43. The molecule has 0 radical (unpaired) electrons. The third kappa shape index (κ3) is 3.97. The van der Waals surface area contributed by atoms with Gasteiger partial charge >= 0.3 is 154 Å². The summed E-state index contributed by atoms with van der Waals surface area (Å²) in [6, 6.07) is 6.20. The van der Waals surface area contributed by atoms with E-state index in [0.29, 0.717) is 5.69 Å². The average molecular weight is 473 g/mol. The van der Waals surface area contributed by atoms with Crippen molar-refractivity contribution in [3.63, 3.8) is 0 Å². The Morgan fingerprint density at radius 1 is 1.15 bits per heavy atom. The first kappa shape index (κ1) is 20.5. The first-order valence-corrected chi connectivity index (χ1v) is 18.0. The van der Waals surface area contributed by atoms with Crippen LogP contribution in [0.4, 0.5) is 13.2 Å². The van der Waals surface area contributed by atoms with Gasteiger partial charge in [0.15, 0.2) is 0 Å². The number of benzene rings is 1. The van der Waals surface area contributed by atoms with Gasteiger partial charge in [-0.3, -0.25) is 0 Å². The maximum atomic E-state index is 13.1. The molecule has 1 amide bonds. The summed E-state index contributed by atoms with van der Waals surface area (Å²) in [5.74, 6) is -0.549. The molecule has 4 nitrogen and oxygen atoms in total. The molecule has 1 aromatic heterocycles. The fourth-order valence-electron chi connectivity index (χ4n) is 2.89. The van der Waals surface area contributed by atoms with E-state index in [2.05, 4.69) is 20.1 Å². The molecule has 0 fully saturated rings. The number of alkyl halides is 3. The van der Waals surface area contributed by atoms with Gasteiger partial charge in [0.25, 0.3) is 0 Å². The van der Waals surface area contributed by atoms with E-state index in [9.17, 15) is 22.8 Å². The zero-order valence-electron chi connectivity index (χ0n) is 15.3. The number of aromatic nitrogens is 1. The summed E-state index contributed by atoms with van der Waals surface area (Å²) >= 11 is -2.76. The van der Waals surface area contributed by atoms with Crippen LogP contribution < -0.4 is 14.5 Å². The Kier molecular flexibility index (Phi) is 5.60. The van der Waals surface area contributed by atoms with Crippen molar-refractivity contribution in [1.82, 2.24) is 9.88 Å². The van der Waals surface area contributed by atoms with Gasteiger partial charge in [0.05, 0.1) is 0 Å². The summed E-state index contributed by atoms with van der Waals surface area (Å²) in [6.45, 7) is 1.72. The molecule has 0 aliphatic carbocycles. The van der Waals surface area contributed by atoms with Gasteiger partial charge in [-0.05, 0) is 0 Å². The molecular weight excluding hydrogens is 452 g/mol. The number of rotatable bonds is 3. The molecule has 0 bridgehead atoms. The van der Waals surface area contributed by atoms with E-state index in [1.54, 1.807) is 13.0 Å². The second-order valence-corrected chi connectivity index (χ2v) is 21.5. The molecule has 0 saturated heterocycles. The molecule has 8 heteroatoms. The van der Waals surface area contributed by atoms with Crippen LogP contribution in [-0.2, 0) is 6.18 Å². The standard InChI is InChI=1S/C15H12F3N2O2.3CH3.Sn/c1-9-6-7-12(13(21)19-2)14(22)20(9)11-5-3-4-10(8-11)15(16,17)18;;;;/h3-5,7-8H,1-2H3,(H,19,21);3*1H3;. The second kappa shape index (κ2) is 7.09. The number of hydrogen-bond acceptors (Lipinski definition) is 2. The SMILES string of the molecule is CNC(=O)c1c[c]([Sn]([CH3])([CH3])[CH3])c(C)n(-c2cccc(C(F)(F)F)c2)c1=O. The molecule has 0 atom stereocenters. The van der Waals surface area contributed by atoms with Gasteiger partial charge in [-0.1, -0.05) is 0 Å². The number of nitrogens with one attached hydrogen (secondary N) is 1. The summed E-state index contributed by atoms with van der Waals surface area (Å²) < 4.78 is 41.4. The molecule has 140 valence electrons. The molecule has 26 heavy (non-hydrogen) atoms. The van der Waals surface area contributed by atoms with Crippen molar-refractivity contribution in [2.45, 2.75) is 27.9 Å². The molecule has 2 rings (SSSR count). The Hall–Kier alpha value is -1.77. The normalized spacial score (nSPS) is 12.2. The Morgan fingerprint density at radius 3 is 2.27 bits per heavy atom. The number of halogens is 3. The van der Waals surface area contributed by atoms with Crippen LogP contribution in [0.2, 0.25) is 14.8 Å². The predicted molar refractivity (Wildman–Crippen MR) is 98.1 cm³/mol. The van der Waals surface area contributed by atoms with Gasteiger partial charge < -0.3 is 0 Å². The number of amides is 1. The van der Waals surface area contributed by atoms with E-state index < -0.39 is 41.6 Å². The van der Waals surface area contributed by atoms with Gasteiger partial charge in [-0.2, -0.15) is 0 Å². The van der Waals surface area contributed by atoms with Crippen LogP contribution in [0.3, 0.4) is 0 Å². The van der Waals surface area contributed by atoms with E-state index in [-0.39, 0.29) is 11.3 Å². The van der Waals surface area contributed by atoms with Crippen molar-refractivity contribution in [3.05, 3.63) is 57.5 Å². The van der Waals surface area contributed by atoms with E-state index >= 15 is 0 Å². The van der Waals surface area contributed by atoms with Crippen molar-refractivity contribution in [2.24, 2.45) is 0 Å². The van der Waals surface area contributed by atoms with Crippen LogP contribution in [0.5, 0.6) is 0 Å². The van der Waals surface area contributed by atoms with Crippen molar-refractivity contribution in [1.29, 1.82) is 0 Å². The molecule has 0 saturated carbocycles. The second-order valence-electron chi connectivity index (χ2n) is 7.07. The van der Waals surface area contributed by atoms with Crippen LogP contribution in [-0.4, -0.2) is 35.9 Å². The van der Waals surface area contributed by atoms with Crippen molar-refractivity contribution < 1.29 is 18.0 Å². The third-order valence-electron chi connectivity index (χ3n) is 4.16. The predicted octanol–water partition coefficient (Wildman–Crippen LogP) is 3.07. The monoisotopic (exact) mass is 474 g/mol. The topological polar surface area (TPSA) is 51.1 Å². The molecule has 0 aliphatic heterocycles. The van der Waals surface area contributed by atoms with Crippen LogP contribution in [0, 0.1) is 6.92 Å². The van der Waals surface area contributed by atoms with Crippen molar-refractivity contribution in [3.8, 4) is 5.69 Å². The summed E-state index contributed by atoms with van der Waals surface area (Å²) in [4.78, 5) is 31.4. The maximum absolute atomic E-state index is 13.1. The van der Waals surface area contributed by atoms with Crippen LogP contribution >= 0.6 is 0 Å². The minimum atomic E-state index is -4.52. The summed E-state index contributed by atoms with van der Waals surface area (Å²) in [7, 11) is 1.41. The van der Waals surface area contributed by atoms with Crippen molar-refractivity contribution >= 4 is 27.9 Å². The van der Waals surface area contributed by atoms with Gasteiger partial charge in [0.1, 0.15) is 0 Å². The van der Waals surface area contributed by atoms with Gasteiger partial charge in [0.2, 0.25) is 0 Å². The fraction of sp³-hybridized carbons (Fsp3) is 0.333. The molecule has 1 heterocycles. The molecular formula is C18H21F3N2O2Sn. The van der Waals surface area contributed by atoms with Gasteiger partial charge in [0, 0.05) is 0 Å². The molecule has 2 aromatic rings. The van der Waals surface area contributed by atoms with E-state index in [1.165, 1.54) is 23.7 Å². The Balaban J connectivity index is 2.88. The van der Waals surface area contributed by atoms with Crippen LogP contribution in [0.25, 0.3) is 5.69 Å². The Morgan fingerprint density at radius 2 is 1.77 bits per heavy atom. The quantitative estimate of drug-likeness (QED) is 0.698. The van der Waals surface area contributed by atoms with Gasteiger partial charge in [-0.15, -0.1) is 0 Å². The molecule has 0 spiro atoms. The molecule has 0 unspecified atom stereocenters. The first-order valence-electron chi connectivity index (χ1n) is 8.04. The van der Waals surface area contributed by atoms with Crippen LogP contribution in [0.1, 0.15) is 21.6 Å². The average Bonchev–Trinajstić information content (AvgIpc) is 2.52. The van der Waals surface area contributed by atoms with Gasteiger partial charge in [-0.25, -0.2) is 0 Å². The molecule has 0 aliphatic rings. The molecule has 1 aromatic carbocycles. The number of carbonyl (C=O) groups is 1. The van der Waals surface area contributed by atoms with Crippen molar-refractivity contribution in [2.75, 3.05) is 7.05 Å². The Labute approximate surface area is 153 Å². The fourth-order valence-corrected chi connectivity index (χ4v) is 7.96. The zero-order valence-corrected chi connectivity index (χ0v) is 18.1. The number of hydrogen-bond donors (Lipinski definition) is 1. The summed E-state index contributed by atoms with van der Waals surface area (Å²) in [6.07, 6.45) is -4.52. The van der Waals surface area contributed by atoms with E-state index in [0.717, 1.165) is 15.7 Å². The third-order valence-corrected chi connectivity index (χ3v) is 10.2. The van der Waals surface area contributed by atoms with E-state index in [1.807, 2.05) is 0 Å².